The van der Waals surface area contributed by atoms with E-state index in [2.05, 4.69) is 0 Å². The van der Waals surface area contributed by atoms with Gasteiger partial charge in [-0.2, -0.15) is 0 Å². The molecular formula is C6H12O6. The summed E-state index contributed by atoms with van der Waals surface area (Å²) < 4.78 is 0. The quantitative estimate of drug-likeness (QED) is 0.232. The maximum absolute atomic E-state index is 9.94. The van der Waals surface area contributed by atoms with Crippen LogP contribution in [0.4, 0.5) is 0 Å². The van der Waals surface area contributed by atoms with Crippen LogP contribution in [-0.2, 0) is 4.79 Å². The van der Waals surface area contributed by atoms with Crippen molar-refractivity contribution in [3.8, 4) is 0 Å². The fraction of sp³-hybridized carbons (Fsp3) is 0.833. The Labute approximate surface area is 68.7 Å². The maximum atomic E-state index is 9.94. The van der Waals surface area contributed by atoms with Crippen molar-refractivity contribution in [3.05, 3.63) is 0 Å². The third-order valence-electron chi connectivity index (χ3n) is 1.43. The summed E-state index contributed by atoms with van der Waals surface area (Å²) in [5.74, 6) is -3.03. The number of aliphatic hydroxyl groups is 5. The predicted octanol–water partition coefficient (Wildman–Crippen LogP) is -3.03. The minimum absolute atomic E-state index is 0.330. The van der Waals surface area contributed by atoms with Gasteiger partial charge in [-0.1, -0.05) is 0 Å². The molecule has 0 saturated heterocycles. The first-order valence-corrected chi connectivity index (χ1v) is 3.28. The second-order valence-corrected chi connectivity index (χ2v) is 2.58. The summed E-state index contributed by atoms with van der Waals surface area (Å²) in [5.41, 5.74) is 0. The second kappa shape index (κ2) is 3.92. The minimum atomic E-state index is -3.03. The molecule has 0 rings (SSSR count). The number of hydrogen-bond acceptors (Lipinski definition) is 6. The van der Waals surface area contributed by atoms with E-state index in [1.54, 1.807) is 0 Å². The van der Waals surface area contributed by atoms with Gasteiger partial charge in [-0.05, 0) is 6.92 Å². The first-order valence-electron chi connectivity index (χ1n) is 3.28. The molecule has 0 spiro atoms. The van der Waals surface area contributed by atoms with Crippen molar-refractivity contribution >= 4 is 6.29 Å². The summed E-state index contributed by atoms with van der Waals surface area (Å²) in [5, 5.41) is 43.8. The number of aldehydes is 1. The number of rotatable bonds is 4. The average molecular weight is 180 g/mol. The Bertz CT molecular complexity index is 154. The van der Waals surface area contributed by atoms with Crippen molar-refractivity contribution < 1.29 is 30.3 Å². The van der Waals surface area contributed by atoms with E-state index < -0.39 is 24.1 Å². The van der Waals surface area contributed by atoms with E-state index in [0.29, 0.717) is 0 Å². The molecule has 0 fully saturated rings. The van der Waals surface area contributed by atoms with Crippen LogP contribution in [0.25, 0.3) is 0 Å². The van der Waals surface area contributed by atoms with Crippen LogP contribution in [0, 0.1) is 0 Å². The minimum Gasteiger partial charge on any atom is -0.391 e. The van der Waals surface area contributed by atoms with Gasteiger partial charge in [0.15, 0.2) is 6.29 Å². The third kappa shape index (κ3) is 2.50. The second-order valence-electron chi connectivity index (χ2n) is 2.58. The van der Waals surface area contributed by atoms with Crippen molar-refractivity contribution in [2.45, 2.75) is 31.0 Å². The summed E-state index contributed by atoms with van der Waals surface area (Å²) >= 11 is 0. The normalized spacial score (nSPS) is 19.8. The Morgan fingerprint density at radius 3 is 1.92 bits per heavy atom. The lowest BCUT2D eigenvalue weighted by atomic mass is 10.0. The topological polar surface area (TPSA) is 118 Å². The Morgan fingerprint density at radius 2 is 1.67 bits per heavy atom. The molecule has 0 aliphatic carbocycles. The molecule has 6 nitrogen and oxygen atoms in total. The zero-order chi connectivity index (χ0) is 9.94. The van der Waals surface area contributed by atoms with Gasteiger partial charge in [0.2, 0.25) is 0 Å². The maximum Gasteiger partial charge on any atom is 0.250 e. The molecule has 0 bridgehead atoms. The first kappa shape index (κ1) is 11.5. The smallest absolute Gasteiger partial charge is 0.250 e. The van der Waals surface area contributed by atoms with Crippen LogP contribution < -0.4 is 0 Å². The summed E-state index contributed by atoms with van der Waals surface area (Å²) in [4.78, 5) is 9.94. The highest BCUT2D eigenvalue weighted by molar-refractivity contribution is 5.60. The van der Waals surface area contributed by atoms with Crippen molar-refractivity contribution in [1.82, 2.24) is 0 Å². The van der Waals surface area contributed by atoms with Gasteiger partial charge in [0.1, 0.15) is 12.2 Å². The molecule has 5 N–H and O–H groups in total. The fourth-order valence-corrected chi connectivity index (χ4v) is 0.585. The largest absolute Gasteiger partial charge is 0.391 e. The van der Waals surface area contributed by atoms with Crippen molar-refractivity contribution in [1.29, 1.82) is 0 Å². The predicted molar refractivity (Wildman–Crippen MR) is 36.9 cm³/mol. The molecule has 0 heterocycles. The Kier molecular flexibility index (Phi) is 3.75. The fourth-order valence-electron chi connectivity index (χ4n) is 0.585. The molecule has 6 heteroatoms. The highest BCUT2D eigenvalue weighted by Crippen LogP contribution is 2.10. The monoisotopic (exact) mass is 180 g/mol. The lowest BCUT2D eigenvalue weighted by Gasteiger charge is -2.27. The molecule has 72 valence electrons. The van der Waals surface area contributed by atoms with E-state index in [-0.39, 0.29) is 6.29 Å². The molecule has 0 aliphatic heterocycles. The number of aliphatic hydroxyl groups excluding tert-OH is 3. The lowest BCUT2D eigenvalue weighted by molar-refractivity contribution is -0.235. The third-order valence-corrected chi connectivity index (χ3v) is 1.43. The van der Waals surface area contributed by atoms with Crippen LogP contribution in [0.2, 0.25) is 0 Å². The molecule has 12 heavy (non-hydrogen) atoms. The van der Waals surface area contributed by atoms with Gasteiger partial charge in [-0.3, -0.25) is 4.79 Å². The van der Waals surface area contributed by atoms with Crippen molar-refractivity contribution in [2.75, 3.05) is 0 Å². The van der Waals surface area contributed by atoms with Crippen LogP contribution in [-0.4, -0.2) is 55.9 Å². The highest BCUT2D eigenvalue weighted by atomic mass is 16.5. The van der Waals surface area contributed by atoms with E-state index in [1.165, 1.54) is 0 Å². The van der Waals surface area contributed by atoms with Crippen molar-refractivity contribution in [2.24, 2.45) is 0 Å². The summed E-state index contributed by atoms with van der Waals surface area (Å²) in [6, 6.07) is 0. The lowest BCUT2D eigenvalue weighted by Crippen LogP contribution is -2.53. The average Bonchev–Trinajstić information content (AvgIpc) is 2.01. The Balaban J connectivity index is 4.37. The van der Waals surface area contributed by atoms with E-state index in [0.717, 1.165) is 6.92 Å². The summed E-state index contributed by atoms with van der Waals surface area (Å²) in [6.45, 7) is 1.13. The molecule has 0 radical (unpaired) electrons. The van der Waals surface area contributed by atoms with Crippen LogP contribution in [0.3, 0.4) is 0 Å². The zero-order valence-corrected chi connectivity index (χ0v) is 6.45. The molecule has 0 saturated carbocycles. The molecule has 0 amide bonds. The van der Waals surface area contributed by atoms with Crippen LogP contribution in [0.15, 0.2) is 0 Å². The molecule has 0 aromatic rings. The SMILES string of the molecule is C[C@@H](O)[C@@H](O)[C@H](O)C(O)(O)C=O. The van der Waals surface area contributed by atoms with Crippen LogP contribution in [0.5, 0.6) is 0 Å². The van der Waals surface area contributed by atoms with Gasteiger partial charge in [0.25, 0.3) is 5.79 Å². The van der Waals surface area contributed by atoms with Gasteiger partial charge in [-0.15, -0.1) is 0 Å². The summed E-state index contributed by atoms with van der Waals surface area (Å²) in [6.07, 6.45) is -5.61. The highest BCUT2D eigenvalue weighted by Gasteiger charge is 2.39. The molecule has 0 aromatic carbocycles. The van der Waals surface area contributed by atoms with Gasteiger partial charge in [0.05, 0.1) is 6.10 Å². The molecule has 0 aliphatic rings. The molecule has 0 unspecified atom stereocenters. The Hall–Kier alpha value is -0.530. The van der Waals surface area contributed by atoms with E-state index in [9.17, 15) is 4.79 Å². The van der Waals surface area contributed by atoms with Crippen LogP contribution in [0.1, 0.15) is 6.92 Å². The molecular weight excluding hydrogens is 168 g/mol. The van der Waals surface area contributed by atoms with Gasteiger partial charge in [-0.25, -0.2) is 0 Å². The van der Waals surface area contributed by atoms with Gasteiger partial charge in [0, 0.05) is 0 Å². The number of carbonyl (C=O) groups is 1. The van der Waals surface area contributed by atoms with Gasteiger partial charge < -0.3 is 25.5 Å². The van der Waals surface area contributed by atoms with Crippen LogP contribution >= 0.6 is 0 Å². The molecule has 0 aromatic heterocycles. The number of hydrogen-bond donors (Lipinski definition) is 5. The number of carbonyl (C=O) groups excluding carboxylic acids is 1. The van der Waals surface area contributed by atoms with E-state index in [1.807, 2.05) is 0 Å². The van der Waals surface area contributed by atoms with Gasteiger partial charge >= 0.3 is 0 Å². The molecule has 3 atom stereocenters. The summed E-state index contributed by atoms with van der Waals surface area (Å²) in [7, 11) is 0. The standard InChI is InChI=1S/C6H12O6/c1-3(8)4(9)5(10)6(11,12)2-7/h2-5,8-12H,1H3/t3-,4-,5+/m1/s1. The Morgan fingerprint density at radius 1 is 1.25 bits per heavy atom. The zero-order valence-electron chi connectivity index (χ0n) is 6.45. The van der Waals surface area contributed by atoms with Crippen molar-refractivity contribution in [3.63, 3.8) is 0 Å². The van der Waals surface area contributed by atoms with E-state index in [4.69, 9.17) is 25.5 Å². The first-order chi connectivity index (χ1) is 5.33. The van der Waals surface area contributed by atoms with E-state index >= 15 is 0 Å².